The molecule has 136 valence electrons. The topological polar surface area (TPSA) is 73.1 Å². The summed E-state index contributed by atoms with van der Waals surface area (Å²) in [7, 11) is -3.85. The number of hydrogen-bond donors (Lipinski definition) is 1. The number of sulfonamides is 1. The number of allylic oxidation sites excluding steroid dienone is 4. The second-order valence-corrected chi connectivity index (χ2v) is 7.62. The molecule has 1 aromatic heterocycles. The van der Waals surface area contributed by atoms with Gasteiger partial charge < -0.3 is 0 Å². The largest absolute Gasteiger partial charge is 0.250 e. The lowest BCUT2D eigenvalue weighted by Crippen LogP contribution is -2.18. The van der Waals surface area contributed by atoms with Crippen LogP contribution in [0.3, 0.4) is 0 Å². The second kappa shape index (κ2) is 6.69. The summed E-state index contributed by atoms with van der Waals surface area (Å²) in [6.45, 7) is -1.89. The van der Waals surface area contributed by atoms with E-state index in [9.17, 15) is 21.6 Å². The maximum atomic E-state index is 13.5. The van der Waals surface area contributed by atoms with Crippen molar-refractivity contribution >= 4 is 21.2 Å². The molecule has 1 heterocycles. The molecular weight excluding hydrogens is 365 g/mol. The van der Waals surface area contributed by atoms with Crippen molar-refractivity contribution in [2.45, 2.75) is 4.90 Å². The van der Waals surface area contributed by atoms with E-state index in [0.717, 1.165) is 6.07 Å². The minimum absolute atomic E-state index is 0.0731. The molecule has 26 heavy (non-hydrogen) atoms. The number of pyridine rings is 1. The van der Waals surface area contributed by atoms with E-state index in [-0.39, 0.29) is 4.90 Å². The van der Waals surface area contributed by atoms with Crippen LogP contribution < -0.4 is 5.14 Å². The third-order valence-electron chi connectivity index (χ3n) is 4.18. The summed E-state index contributed by atoms with van der Waals surface area (Å²) in [5.41, 5.74) is 0.636. The van der Waals surface area contributed by atoms with Crippen molar-refractivity contribution < 1.29 is 21.6 Å². The maximum absolute atomic E-state index is 13.5. The van der Waals surface area contributed by atoms with Crippen molar-refractivity contribution in [1.29, 1.82) is 0 Å². The van der Waals surface area contributed by atoms with Crippen LogP contribution in [0.25, 0.3) is 11.1 Å². The lowest BCUT2D eigenvalue weighted by molar-refractivity contribution is 0.265. The van der Waals surface area contributed by atoms with Gasteiger partial charge in [0.05, 0.1) is 10.3 Å². The van der Waals surface area contributed by atoms with E-state index in [4.69, 9.17) is 5.14 Å². The van der Waals surface area contributed by atoms with Crippen LogP contribution in [0.5, 0.6) is 0 Å². The number of halogens is 3. The van der Waals surface area contributed by atoms with Gasteiger partial charge in [-0.15, -0.1) is 0 Å². The zero-order chi connectivity index (χ0) is 18.9. The molecule has 0 unspecified atom stereocenters. The van der Waals surface area contributed by atoms with Gasteiger partial charge >= 0.3 is 0 Å². The van der Waals surface area contributed by atoms with Crippen molar-refractivity contribution in [1.82, 2.24) is 4.98 Å². The van der Waals surface area contributed by atoms with Crippen molar-refractivity contribution in [3.8, 4) is 0 Å². The molecule has 0 atom stereocenters. The molecular formula is C18H15F3N2O2S. The Hall–Kier alpha value is -2.45. The molecule has 1 aromatic carbocycles. The summed E-state index contributed by atoms with van der Waals surface area (Å²) in [6.07, 6.45) is 4.18. The third kappa shape index (κ3) is 3.42. The van der Waals surface area contributed by atoms with E-state index in [0.29, 0.717) is 22.3 Å². The molecule has 0 fully saturated rings. The van der Waals surface area contributed by atoms with E-state index in [1.807, 2.05) is 0 Å². The van der Waals surface area contributed by atoms with Crippen molar-refractivity contribution in [2.75, 3.05) is 13.3 Å². The summed E-state index contributed by atoms with van der Waals surface area (Å²) >= 11 is 0. The van der Waals surface area contributed by atoms with Gasteiger partial charge in [0.2, 0.25) is 16.0 Å². The normalized spacial score (nSPS) is 16.3. The SMILES string of the molecule is NS(=O)(=O)c1ccc(C2=CC(CF)(CF)C=C2c2ccc(F)nc2)cc1. The Kier molecular flexibility index (Phi) is 4.72. The zero-order valence-corrected chi connectivity index (χ0v) is 14.3. The van der Waals surface area contributed by atoms with Gasteiger partial charge in [-0.2, -0.15) is 4.39 Å². The molecule has 0 aliphatic heterocycles. The summed E-state index contributed by atoms with van der Waals surface area (Å²) in [5.74, 6) is -0.669. The van der Waals surface area contributed by atoms with Crippen LogP contribution in [0.4, 0.5) is 13.2 Å². The first-order chi connectivity index (χ1) is 12.3. The Morgan fingerprint density at radius 2 is 1.46 bits per heavy atom. The minimum atomic E-state index is -3.85. The molecule has 8 heteroatoms. The molecule has 2 N–H and O–H groups in total. The van der Waals surface area contributed by atoms with Crippen LogP contribution in [0, 0.1) is 11.4 Å². The van der Waals surface area contributed by atoms with Gasteiger partial charge in [-0.3, -0.25) is 0 Å². The molecule has 0 radical (unpaired) electrons. The minimum Gasteiger partial charge on any atom is -0.250 e. The summed E-state index contributed by atoms with van der Waals surface area (Å²) in [6, 6.07) is 8.26. The summed E-state index contributed by atoms with van der Waals surface area (Å²) in [5, 5.41) is 5.08. The molecule has 1 aliphatic carbocycles. The van der Waals surface area contributed by atoms with Gasteiger partial charge in [0.1, 0.15) is 13.3 Å². The van der Waals surface area contributed by atoms with Crippen LogP contribution in [0.1, 0.15) is 11.1 Å². The molecule has 2 aromatic rings. The Labute approximate surface area is 148 Å². The van der Waals surface area contributed by atoms with Gasteiger partial charge in [0.25, 0.3) is 0 Å². The first-order valence-corrected chi connectivity index (χ1v) is 9.16. The monoisotopic (exact) mass is 380 g/mol. The van der Waals surface area contributed by atoms with E-state index in [2.05, 4.69) is 4.98 Å². The Bertz CT molecular complexity index is 978. The van der Waals surface area contributed by atoms with Crippen molar-refractivity contribution in [2.24, 2.45) is 10.6 Å². The number of primary sulfonamides is 1. The van der Waals surface area contributed by atoms with E-state index in [1.165, 1.54) is 48.7 Å². The number of hydrogen-bond acceptors (Lipinski definition) is 3. The first kappa shape index (κ1) is 18.3. The number of benzene rings is 1. The summed E-state index contributed by atoms with van der Waals surface area (Å²) < 4.78 is 62.9. The maximum Gasteiger partial charge on any atom is 0.238 e. The lowest BCUT2D eigenvalue weighted by atomic mass is 9.93. The number of alkyl halides is 2. The van der Waals surface area contributed by atoms with Gasteiger partial charge in [0.15, 0.2) is 0 Å². The molecule has 0 spiro atoms. The number of aromatic nitrogens is 1. The standard InChI is InChI=1S/C18H15F3N2O2S/c19-10-18(11-20)7-15(12-1-4-14(5-2-12)26(22,24)25)16(8-18)13-3-6-17(21)23-9-13/h1-9H,10-11H2,(H2,22,24,25). The van der Waals surface area contributed by atoms with Crippen LogP contribution in [-0.4, -0.2) is 26.8 Å². The van der Waals surface area contributed by atoms with Gasteiger partial charge in [-0.25, -0.2) is 27.3 Å². The second-order valence-electron chi connectivity index (χ2n) is 6.06. The fourth-order valence-corrected chi connectivity index (χ4v) is 3.31. The highest BCUT2D eigenvalue weighted by Gasteiger charge is 2.34. The highest BCUT2D eigenvalue weighted by Crippen LogP contribution is 2.44. The average molecular weight is 380 g/mol. The zero-order valence-electron chi connectivity index (χ0n) is 13.5. The van der Waals surface area contributed by atoms with Gasteiger partial charge in [-0.1, -0.05) is 24.3 Å². The van der Waals surface area contributed by atoms with E-state index in [1.54, 1.807) is 0 Å². The smallest absolute Gasteiger partial charge is 0.238 e. The van der Waals surface area contributed by atoms with E-state index < -0.39 is 34.7 Å². The number of nitrogens with two attached hydrogens (primary N) is 1. The molecule has 1 aliphatic rings. The van der Waals surface area contributed by atoms with E-state index >= 15 is 0 Å². The molecule has 0 amide bonds. The number of rotatable bonds is 5. The molecule has 0 saturated carbocycles. The number of nitrogens with zero attached hydrogens (tertiary/aromatic N) is 1. The Morgan fingerprint density at radius 1 is 0.923 bits per heavy atom. The average Bonchev–Trinajstić information content (AvgIpc) is 3.02. The van der Waals surface area contributed by atoms with Crippen LogP contribution in [-0.2, 0) is 10.0 Å². The van der Waals surface area contributed by atoms with Crippen molar-refractivity contribution in [3.63, 3.8) is 0 Å². The molecule has 3 rings (SSSR count). The molecule has 0 bridgehead atoms. The lowest BCUT2D eigenvalue weighted by Gasteiger charge is -2.15. The first-order valence-electron chi connectivity index (χ1n) is 7.61. The van der Waals surface area contributed by atoms with Crippen molar-refractivity contribution in [3.05, 3.63) is 71.8 Å². The van der Waals surface area contributed by atoms with Crippen LogP contribution in [0.15, 0.2) is 59.6 Å². The third-order valence-corrected chi connectivity index (χ3v) is 5.11. The quantitative estimate of drug-likeness (QED) is 0.809. The fraction of sp³-hybridized carbons (Fsp3) is 0.167. The molecule has 0 saturated heterocycles. The predicted molar refractivity (Wildman–Crippen MR) is 92.3 cm³/mol. The summed E-state index contributed by atoms with van der Waals surface area (Å²) in [4.78, 5) is 3.51. The predicted octanol–water partition coefficient (Wildman–Crippen LogP) is 3.27. The fourth-order valence-electron chi connectivity index (χ4n) is 2.80. The molecule has 4 nitrogen and oxygen atoms in total. The van der Waals surface area contributed by atoms with Crippen LogP contribution >= 0.6 is 0 Å². The van der Waals surface area contributed by atoms with Gasteiger partial charge in [0, 0.05) is 11.8 Å². The Morgan fingerprint density at radius 3 is 1.92 bits per heavy atom. The Balaban J connectivity index is 2.10. The highest BCUT2D eigenvalue weighted by molar-refractivity contribution is 7.89. The highest BCUT2D eigenvalue weighted by atomic mass is 32.2. The van der Waals surface area contributed by atoms with Gasteiger partial charge in [-0.05, 0) is 41.0 Å². The van der Waals surface area contributed by atoms with Crippen LogP contribution in [0.2, 0.25) is 0 Å².